The van der Waals surface area contributed by atoms with E-state index in [-0.39, 0.29) is 5.91 Å². The second-order valence-electron chi connectivity index (χ2n) is 5.80. The van der Waals surface area contributed by atoms with Gasteiger partial charge in [0.15, 0.2) is 0 Å². The normalized spacial score (nSPS) is 26.4. The van der Waals surface area contributed by atoms with E-state index < -0.39 is 28.8 Å². The Labute approximate surface area is 102 Å². The van der Waals surface area contributed by atoms with E-state index in [2.05, 4.69) is 5.32 Å². The van der Waals surface area contributed by atoms with Crippen LogP contribution in [0.25, 0.3) is 0 Å². The number of carboxylic acid groups (broad SMARTS) is 1. The quantitative estimate of drug-likeness (QED) is 0.751. The minimum absolute atomic E-state index is 0.201. The van der Waals surface area contributed by atoms with Gasteiger partial charge in [0.25, 0.3) is 0 Å². The van der Waals surface area contributed by atoms with Crippen molar-refractivity contribution in [1.29, 1.82) is 0 Å². The topological polar surface area (TPSA) is 75.6 Å². The van der Waals surface area contributed by atoms with Crippen molar-refractivity contribution < 1.29 is 19.4 Å². The number of carboxylic acids is 1. The maximum Gasteiger partial charge on any atom is 0.307 e. The zero-order valence-corrected chi connectivity index (χ0v) is 11.0. The maximum atomic E-state index is 11.9. The number of carbonyl (C=O) groups excluding carboxylic acids is 1. The SMILES string of the molecule is COC(C)(C)CNC(=O)[C@H]1[C@@H](C(=O)O)C1(C)C. The molecule has 0 bridgehead atoms. The first-order valence-electron chi connectivity index (χ1n) is 5.69. The Morgan fingerprint density at radius 3 is 2.24 bits per heavy atom. The van der Waals surface area contributed by atoms with Crippen molar-refractivity contribution in [2.24, 2.45) is 17.3 Å². The van der Waals surface area contributed by atoms with E-state index in [4.69, 9.17) is 9.84 Å². The predicted molar refractivity (Wildman–Crippen MR) is 62.5 cm³/mol. The van der Waals surface area contributed by atoms with Crippen LogP contribution in [0.5, 0.6) is 0 Å². The highest BCUT2D eigenvalue weighted by Gasteiger charge is 2.65. The second kappa shape index (κ2) is 4.29. The van der Waals surface area contributed by atoms with E-state index in [9.17, 15) is 9.59 Å². The van der Waals surface area contributed by atoms with E-state index in [0.717, 1.165) is 0 Å². The standard InChI is InChI=1S/C12H21NO4/c1-11(2,17-5)6-13-9(14)7-8(10(15)16)12(7,3)4/h7-8H,6H2,1-5H3,(H,13,14)(H,15,16)/t7-,8+/m1/s1. The summed E-state index contributed by atoms with van der Waals surface area (Å²) in [4.78, 5) is 22.8. The maximum absolute atomic E-state index is 11.9. The van der Waals surface area contributed by atoms with E-state index in [1.807, 2.05) is 13.8 Å². The van der Waals surface area contributed by atoms with Gasteiger partial charge in [-0.1, -0.05) is 13.8 Å². The second-order valence-corrected chi connectivity index (χ2v) is 5.80. The third-order valence-electron chi connectivity index (χ3n) is 3.62. The van der Waals surface area contributed by atoms with Crippen LogP contribution in [0.4, 0.5) is 0 Å². The minimum atomic E-state index is -0.902. The molecule has 0 aromatic carbocycles. The zero-order chi connectivity index (χ0) is 13.4. The monoisotopic (exact) mass is 243 g/mol. The van der Waals surface area contributed by atoms with Crippen molar-refractivity contribution >= 4 is 11.9 Å². The van der Waals surface area contributed by atoms with Crippen LogP contribution in [0, 0.1) is 17.3 Å². The van der Waals surface area contributed by atoms with Crippen molar-refractivity contribution in [2.75, 3.05) is 13.7 Å². The van der Waals surface area contributed by atoms with Gasteiger partial charge in [0.05, 0.1) is 17.4 Å². The molecule has 0 spiro atoms. The van der Waals surface area contributed by atoms with Gasteiger partial charge in [-0.15, -0.1) is 0 Å². The largest absolute Gasteiger partial charge is 0.481 e. The first-order valence-corrected chi connectivity index (χ1v) is 5.69. The summed E-state index contributed by atoms with van der Waals surface area (Å²) in [6.07, 6.45) is 0. The van der Waals surface area contributed by atoms with Crippen LogP contribution < -0.4 is 5.32 Å². The van der Waals surface area contributed by atoms with Crippen LogP contribution in [-0.2, 0) is 14.3 Å². The Balaban J connectivity index is 2.54. The van der Waals surface area contributed by atoms with Gasteiger partial charge in [-0.05, 0) is 19.3 Å². The smallest absolute Gasteiger partial charge is 0.307 e. The molecule has 0 aromatic rings. The molecule has 98 valence electrons. The van der Waals surface area contributed by atoms with Crippen LogP contribution in [0.2, 0.25) is 0 Å². The molecule has 0 aliphatic heterocycles. The molecule has 0 saturated heterocycles. The summed E-state index contributed by atoms with van der Waals surface area (Å²) in [5.41, 5.74) is -0.888. The van der Waals surface area contributed by atoms with E-state index in [1.54, 1.807) is 21.0 Å². The number of carbonyl (C=O) groups is 2. The number of aliphatic carboxylic acids is 1. The van der Waals surface area contributed by atoms with Gasteiger partial charge < -0.3 is 15.2 Å². The Hall–Kier alpha value is -1.10. The fraction of sp³-hybridized carbons (Fsp3) is 0.833. The molecule has 1 fully saturated rings. The molecule has 0 aromatic heterocycles. The van der Waals surface area contributed by atoms with Crippen molar-refractivity contribution in [3.05, 3.63) is 0 Å². The van der Waals surface area contributed by atoms with Gasteiger partial charge in [0.1, 0.15) is 0 Å². The Morgan fingerprint density at radius 2 is 1.88 bits per heavy atom. The van der Waals surface area contributed by atoms with Crippen LogP contribution in [0.3, 0.4) is 0 Å². The minimum Gasteiger partial charge on any atom is -0.481 e. The molecule has 17 heavy (non-hydrogen) atoms. The molecule has 1 aliphatic carbocycles. The average molecular weight is 243 g/mol. The van der Waals surface area contributed by atoms with Crippen molar-refractivity contribution in [1.82, 2.24) is 5.32 Å². The highest BCUT2D eigenvalue weighted by atomic mass is 16.5. The summed E-state index contributed by atoms with van der Waals surface area (Å²) in [5, 5.41) is 11.7. The number of methoxy groups -OCH3 is 1. The number of rotatable bonds is 5. The first kappa shape index (κ1) is 14.0. The van der Waals surface area contributed by atoms with Crippen LogP contribution in [0.1, 0.15) is 27.7 Å². The molecular weight excluding hydrogens is 222 g/mol. The number of nitrogens with one attached hydrogen (secondary N) is 1. The number of ether oxygens (including phenoxy) is 1. The molecule has 0 unspecified atom stereocenters. The van der Waals surface area contributed by atoms with E-state index in [0.29, 0.717) is 6.54 Å². The molecule has 5 heteroatoms. The number of amides is 1. The fourth-order valence-electron chi connectivity index (χ4n) is 2.07. The van der Waals surface area contributed by atoms with Gasteiger partial charge in [-0.3, -0.25) is 9.59 Å². The van der Waals surface area contributed by atoms with Crippen LogP contribution in [0.15, 0.2) is 0 Å². The van der Waals surface area contributed by atoms with Gasteiger partial charge in [-0.2, -0.15) is 0 Å². The molecule has 0 heterocycles. The number of hydrogen-bond donors (Lipinski definition) is 2. The lowest BCUT2D eigenvalue weighted by molar-refractivity contribution is -0.140. The predicted octanol–water partition coefficient (Wildman–Crippen LogP) is 0.884. The third kappa shape index (κ3) is 2.77. The lowest BCUT2D eigenvalue weighted by atomic mass is 10.1. The van der Waals surface area contributed by atoms with Gasteiger partial charge in [-0.25, -0.2) is 0 Å². The van der Waals surface area contributed by atoms with E-state index in [1.165, 1.54) is 0 Å². The molecule has 1 saturated carbocycles. The molecule has 1 aliphatic rings. The van der Waals surface area contributed by atoms with Crippen LogP contribution in [-0.4, -0.2) is 36.2 Å². The summed E-state index contributed by atoms with van der Waals surface area (Å²) < 4.78 is 5.18. The molecule has 2 atom stereocenters. The molecule has 1 rings (SSSR count). The average Bonchev–Trinajstić information content (AvgIpc) is 2.78. The summed E-state index contributed by atoms with van der Waals surface area (Å²) in [6, 6.07) is 0. The molecule has 1 amide bonds. The van der Waals surface area contributed by atoms with Crippen LogP contribution >= 0.6 is 0 Å². The highest BCUT2D eigenvalue weighted by Crippen LogP contribution is 2.58. The molecule has 5 nitrogen and oxygen atoms in total. The Kier molecular flexibility index (Phi) is 3.52. The van der Waals surface area contributed by atoms with Gasteiger partial charge in [0, 0.05) is 13.7 Å². The summed E-state index contributed by atoms with van der Waals surface area (Å²) in [7, 11) is 1.58. The third-order valence-corrected chi connectivity index (χ3v) is 3.62. The molecular formula is C12H21NO4. The van der Waals surface area contributed by atoms with Crippen molar-refractivity contribution in [3.63, 3.8) is 0 Å². The van der Waals surface area contributed by atoms with Crippen molar-refractivity contribution in [2.45, 2.75) is 33.3 Å². The lowest BCUT2D eigenvalue weighted by Crippen LogP contribution is -2.41. The summed E-state index contributed by atoms with van der Waals surface area (Å²) >= 11 is 0. The Morgan fingerprint density at radius 1 is 1.35 bits per heavy atom. The van der Waals surface area contributed by atoms with Gasteiger partial charge >= 0.3 is 5.97 Å². The van der Waals surface area contributed by atoms with Crippen molar-refractivity contribution in [3.8, 4) is 0 Å². The molecule has 0 radical (unpaired) electrons. The first-order chi connectivity index (χ1) is 7.63. The van der Waals surface area contributed by atoms with E-state index >= 15 is 0 Å². The Bertz CT molecular complexity index is 335. The van der Waals surface area contributed by atoms with Gasteiger partial charge in [0.2, 0.25) is 5.91 Å². The number of hydrogen-bond acceptors (Lipinski definition) is 3. The zero-order valence-electron chi connectivity index (χ0n) is 11.0. The highest BCUT2D eigenvalue weighted by molar-refractivity contribution is 5.91. The lowest BCUT2D eigenvalue weighted by Gasteiger charge is -2.23. The summed E-state index contributed by atoms with van der Waals surface area (Å²) in [6.45, 7) is 7.70. The fourth-order valence-corrected chi connectivity index (χ4v) is 2.07. The summed E-state index contributed by atoms with van der Waals surface area (Å²) in [5.74, 6) is -2.12. The molecule has 2 N–H and O–H groups in total.